The molecule has 0 saturated heterocycles. The van der Waals surface area contributed by atoms with Crippen molar-refractivity contribution in [1.82, 2.24) is 0 Å². The molecule has 1 saturated carbocycles. The summed E-state index contributed by atoms with van der Waals surface area (Å²) in [5, 5.41) is 0. The first-order valence-corrected chi connectivity index (χ1v) is 6.21. The highest BCUT2D eigenvalue weighted by molar-refractivity contribution is 5.42. The molecule has 0 radical (unpaired) electrons. The Balaban J connectivity index is 2.76. The molecule has 0 unspecified atom stereocenters. The van der Waals surface area contributed by atoms with Gasteiger partial charge in [-0.15, -0.1) is 0 Å². The van der Waals surface area contributed by atoms with Gasteiger partial charge in [0, 0.05) is 0 Å². The van der Waals surface area contributed by atoms with Crippen LogP contribution in [0, 0.1) is 21.7 Å². The summed E-state index contributed by atoms with van der Waals surface area (Å²) in [7, 11) is 0. The predicted octanol–water partition coefficient (Wildman–Crippen LogP) is 4.81. The Morgan fingerprint density at radius 2 is 0.933 bits per heavy atom. The van der Waals surface area contributed by atoms with Gasteiger partial charge >= 0.3 is 0 Å². The number of hydrogen-bond acceptors (Lipinski definition) is 0. The molecule has 86 valence electrons. The topological polar surface area (TPSA) is 0 Å². The molecule has 15 heavy (non-hydrogen) atoms. The fraction of sp³-hybridized carbons (Fsp3) is 0.867. The molecule has 0 aromatic heterocycles. The van der Waals surface area contributed by atoms with E-state index in [0.717, 1.165) is 0 Å². The monoisotopic (exact) mass is 206 g/mol. The van der Waals surface area contributed by atoms with Crippen LogP contribution in [-0.2, 0) is 0 Å². The summed E-state index contributed by atoms with van der Waals surface area (Å²) in [5.41, 5.74) is 4.95. The zero-order valence-corrected chi connectivity index (χ0v) is 11.7. The van der Waals surface area contributed by atoms with Crippen molar-refractivity contribution in [2.24, 2.45) is 21.7 Å². The lowest BCUT2D eigenvalue weighted by Gasteiger charge is -2.54. The molecule has 0 aromatic rings. The van der Waals surface area contributed by atoms with Crippen LogP contribution < -0.4 is 0 Å². The minimum absolute atomic E-state index is 0.401. The lowest BCUT2D eigenvalue weighted by atomic mass is 9.50. The van der Waals surface area contributed by atoms with Crippen LogP contribution in [0.3, 0.4) is 0 Å². The van der Waals surface area contributed by atoms with Gasteiger partial charge in [0.05, 0.1) is 0 Å². The van der Waals surface area contributed by atoms with E-state index >= 15 is 0 Å². The van der Waals surface area contributed by atoms with Crippen LogP contribution in [0.15, 0.2) is 11.1 Å². The SMILES string of the molecule is CC1=C(C)[C@@]2(C)C[C@]1(C)C(C)(C)C2(C)C. The maximum Gasteiger partial charge on any atom is -0.00514 e. The summed E-state index contributed by atoms with van der Waals surface area (Å²) in [6.45, 7) is 19.5. The van der Waals surface area contributed by atoms with E-state index in [0.29, 0.717) is 21.7 Å². The molecule has 2 aliphatic rings. The highest BCUT2D eigenvalue weighted by atomic mass is 14.7. The van der Waals surface area contributed by atoms with E-state index in [1.165, 1.54) is 6.42 Å². The van der Waals surface area contributed by atoms with Crippen LogP contribution in [0.2, 0.25) is 0 Å². The summed E-state index contributed by atoms with van der Waals surface area (Å²) < 4.78 is 0. The van der Waals surface area contributed by atoms with Crippen molar-refractivity contribution in [2.45, 2.75) is 61.8 Å². The molecule has 0 aliphatic heterocycles. The van der Waals surface area contributed by atoms with Gasteiger partial charge in [0.25, 0.3) is 0 Å². The Morgan fingerprint density at radius 3 is 1.13 bits per heavy atom. The second kappa shape index (κ2) is 2.36. The summed E-state index contributed by atoms with van der Waals surface area (Å²) in [6.07, 6.45) is 1.34. The largest absolute Gasteiger partial charge is 0.0673 e. The Bertz CT molecular complexity index is 322. The molecule has 2 aliphatic carbocycles. The fourth-order valence-corrected chi connectivity index (χ4v) is 4.56. The van der Waals surface area contributed by atoms with Crippen LogP contribution in [0.4, 0.5) is 0 Å². The Labute approximate surface area is 95.1 Å². The molecule has 2 rings (SSSR count). The first kappa shape index (κ1) is 11.2. The van der Waals surface area contributed by atoms with E-state index in [4.69, 9.17) is 0 Å². The summed E-state index contributed by atoms with van der Waals surface area (Å²) in [6, 6.07) is 0. The highest BCUT2D eigenvalue weighted by Crippen LogP contribution is 2.78. The average molecular weight is 206 g/mol. The smallest absolute Gasteiger partial charge is 0.00514 e. The van der Waals surface area contributed by atoms with Gasteiger partial charge in [0.2, 0.25) is 0 Å². The third-order valence-electron chi connectivity index (χ3n) is 7.25. The first-order valence-electron chi connectivity index (χ1n) is 6.21. The number of allylic oxidation sites excluding steroid dienone is 2. The van der Waals surface area contributed by atoms with Crippen molar-refractivity contribution < 1.29 is 0 Å². The van der Waals surface area contributed by atoms with Crippen LogP contribution in [0.1, 0.15) is 61.8 Å². The second-order valence-corrected chi connectivity index (χ2v) is 7.34. The predicted molar refractivity (Wildman–Crippen MR) is 66.8 cm³/mol. The second-order valence-electron chi connectivity index (χ2n) is 7.34. The molecular formula is C15H26. The minimum Gasteiger partial charge on any atom is -0.0673 e. The third kappa shape index (κ3) is 0.797. The normalized spacial score (nSPS) is 46.4. The third-order valence-corrected chi connectivity index (χ3v) is 7.25. The summed E-state index contributed by atoms with van der Waals surface area (Å²) in [5.74, 6) is 0. The molecule has 0 N–H and O–H groups in total. The zero-order valence-electron chi connectivity index (χ0n) is 11.7. The maximum absolute atomic E-state index is 2.48. The maximum atomic E-state index is 2.48. The van der Waals surface area contributed by atoms with Crippen molar-refractivity contribution in [2.75, 3.05) is 0 Å². The van der Waals surface area contributed by atoms with Gasteiger partial charge in [-0.2, -0.15) is 0 Å². The molecule has 0 amide bonds. The van der Waals surface area contributed by atoms with Gasteiger partial charge in [-0.3, -0.25) is 0 Å². The van der Waals surface area contributed by atoms with Gasteiger partial charge in [-0.1, -0.05) is 52.7 Å². The van der Waals surface area contributed by atoms with Crippen LogP contribution in [-0.4, -0.2) is 0 Å². The molecule has 0 aromatic carbocycles. The summed E-state index contributed by atoms with van der Waals surface area (Å²) >= 11 is 0. The quantitative estimate of drug-likeness (QED) is 0.499. The van der Waals surface area contributed by atoms with Gasteiger partial charge in [0.15, 0.2) is 0 Å². The van der Waals surface area contributed by atoms with Crippen molar-refractivity contribution >= 4 is 0 Å². The Kier molecular flexibility index (Phi) is 1.77. The molecule has 0 nitrogen and oxygen atoms in total. The van der Waals surface area contributed by atoms with Gasteiger partial charge in [-0.05, 0) is 41.9 Å². The lowest BCUT2D eigenvalue weighted by molar-refractivity contribution is 0.0101. The van der Waals surface area contributed by atoms with Crippen LogP contribution >= 0.6 is 0 Å². The molecule has 2 bridgehead atoms. The van der Waals surface area contributed by atoms with Gasteiger partial charge < -0.3 is 0 Å². The van der Waals surface area contributed by atoms with E-state index in [2.05, 4.69) is 55.4 Å². The zero-order chi connectivity index (χ0) is 11.9. The highest BCUT2D eigenvalue weighted by Gasteiger charge is 2.70. The number of hydrogen-bond donors (Lipinski definition) is 0. The van der Waals surface area contributed by atoms with Crippen molar-refractivity contribution in [3.63, 3.8) is 0 Å². The van der Waals surface area contributed by atoms with E-state index in [1.807, 2.05) is 0 Å². The van der Waals surface area contributed by atoms with E-state index in [9.17, 15) is 0 Å². The Hall–Kier alpha value is -0.260. The molecule has 0 heteroatoms. The number of rotatable bonds is 0. The van der Waals surface area contributed by atoms with Gasteiger partial charge in [-0.25, -0.2) is 0 Å². The molecular weight excluding hydrogens is 180 g/mol. The Morgan fingerprint density at radius 1 is 0.667 bits per heavy atom. The average Bonchev–Trinajstić information content (AvgIpc) is 2.34. The van der Waals surface area contributed by atoms with Crippen LogP contribution in [0.5, 0.6) is 0 Å². The molecule has 0 spiro atoms. The molecule has 1 fully saturated rings. The standard InChI is InChI=1S/C15H26/c1-10-11(2)15(8)9-14(10,7)12(3,4)13(15,5)6/h9H2,1-8H3/t14-,15+. The minimum atomic E-state index is 0.401. The first-order chi connectivity index (χ1) is 6.52. The molecule has 2 atom stereocenters. The number of fused-ring (bicyclic) bond motifs is 2. The lowest BCUT2D eigenvalue weighted by Crippen LogP contribution is -2.46. The van der Waals surface area contributed by atoms with Crippen molar-refractivity contribution in [3.05, 3.63) is 11.1 Å². The van der Waals surface area contributed by atoms with Gasteiger partial charge in [0.1, 0.15) is 0 Å². The van der Waals surface area contributed by atoms with E-state index < -0.39 is 0 Å². The fourth-order valence-electron chi connectivity index (χ4n) is 4.56. The van der Waals surface area contributed by atoms with Crippen molar-refractivity contribution in [1.29, 1.82) is 0 Å². The van der Waals surface area contributed by atoms with Crippen LogP contribution in [0.25, 0.3) is 0 Å². The van der Waals surface area contributed by atoms with E-state index in [-0.39, 0.29) is 0 Å². The van der Waals surface area contributed by atoms with Crippen molar-refractivity contribution in [3.8, 4) is 0 Å². The summed E-state index contributed by atoms with van der Waals surface area (Å²) in [4.78, 5) is 0. The molecule has 0 heterocycles. The van der Waals surface area contributed by atoms with E-state index in [1.54, 1.807) is 11.1 Å².